The number of hydrogen-bond donors (Lipinski definition) is 1. The Morgan fingerprint density at radius 1 is 1.19 bits per heavy atom. The number of rotatable bonds is 3. The number of benzene rings is 1. The maximum atomic E-state index is 12.3. The predicted molar refractivity (Wildman–Crippen MR) is 81.2 cm³/mol. The molecule has 21 heavy (non-hydrogen) atoms. The van der Waals surface area contributed by atoms with Crippen molar-refractivity contribution in [2.45, 2.75) is 6.54 Å². The number of aromatic amines is 1. The zero-order valence-electron chi connectivity index (χ0n) is 11.6. The number of amides is 1. The summed E-state index contributed by atoms with van der Waals surface area (Å²) in [5.41, 5.74) is 1.68. The minimum atomic E-state index is -0.0724. The highest BCUT2D eigenvalue weighted by Crippen LogP contribution is 2.16. The summed E-state index contributed by atoms with van der Waals surface area (Å²) < 4.78 is 0. The lowest BCUT2D eigenvalue weighted by Crippen LogP contribution is -2.48. The molecule has 1 fully saturated rings. The van der Waals surface area contributed by atoms with E-state index in [2.05, 4.69) is 39.4 Å². The number of nitrogens with zero attached hydrogens (tertiary/aromatic N) is 3. The van der Waals surface area contributed by atoms with Gasteiger partial charge in [0.15, 0.2) is 0 Å². The van der Waals surface area contributed by atoms with Crippen molar-refractivity contribution in [3.8, 4) is 0 Å². The van der Waals surface area contributed by atoms with Crippen LogP contribution in [0.1, 0.15) is 16.1 Å². The van der Waals surface area contributed by atoms with Gasteiger partial charge in [-0.15, -0.1) is 0 Å². The van der Waals surface area contributed by atoms with Crippen LogP contribution in [0.3, 0.4) is 0 Å². The molecule has 1 saturated heterocycles. The molecule has 0 spiro atoms. The Hall–Kier alpha value is -1.85. The van der Waals surface area contributed by atoms with E-state index in [9.17, 15) is 4.79 Å². The average molecular weight is 305 g/mol. The maximum absolute atomic E-state index is 12.3. The first kappa shape index (κ1) is 14.1. The van der Waals surface area contributed by atoms with Crippen LogP contribution >= 0.6 is 11.6 Å². The highest BCUT2D eigenvalue weighted by molar-refractivity contribution is 6.33. The number of carbonyl (C=O) groups excluding carboxylic acids is 1. The first-order valence-electron chi connectivity index (χ1n) is 6.98. The van der Waals surface area contributed by atoms with E-state index in [1.54, 1.807) is 0 Å². The Bertz CT molecular complexity index is 605. The van der Waals surface area contributed by atoms with E-state index in [0.717, 1.165) is 19.6 Å². The van der Waals surface area contributed by atoms with E-state index >= 15 is 0 Å². The molecule has 0 aliphatic carbocycles. The quantitative estimate of drug-likeness (QED) is 0.944. The number of nitrogens with one attached hydrogen (secondary N) is 1. The second kappa shape index (κ2) is 6.28. The minimum Gasteiger partial charge on any atom is -0.335 e. The molecule has 2 heterocycles. The van der Waals surface area contributed by atoms with Gasteiger partial charge in [-0.1, -0.05) is 41.9 Å². The number of piperazine rings is 1. The van der Waals surface area contributed by atoms with Crippen molar-refractivity contribution in [3.05, 3.63) is 52.8 Å². The lowest BCUT2D eigenvalue weighted by Gasteiger charge is -2.34. The molecule has 110 valence electrons. The van der Waals surface area contributed by atoms with Gasteiger partial charge in [-0.2, -0.15) is 5.10 Å². The van der Waals surface area contributed by atoms with E-state index in [4.69, 9.17) is 11.6 Å². The van der Waals surface area contributed by atoms with Crippen molar-refractivity contribution in [2.24, 2.45) is 0 Å². The summed E-state index contributed by atoms with van der Waals surface area (Å²) in [4.78, 5) is 16.5. The first-order valence-corrected chi connectivity index (χ1v) is 7.36. The first-order chi connectivity index (χ1) is 10.2. The van der Waals surface area contributed by atoms with Gasteiger partial charge >= 0.3 is 0 Å². The number of hydrogen-bond acceptors (Lipinski definition) is 3. The SMILES string of the molecule is O=C(c1[nH]ncc1Cl)N1CCN(Cc2ccccc2)CC1. The topological polar surface area (TPSA) is 52.2 Å². The smallest absolute Gasteiger partial charge is 0.273 e. The largest absolute Gasteiger partial charge is 0.335 e. The van der Waals surface area contributed by atoms with E-state index < -0.39 is 0 Å². The molecule has 1 aromatic carbocycles. The standard InChI is InChI=1S/C15H17ClN4O/c16-13-10-17-18-14(13)15(21)20-8-6-19(7-9-20)11-12-4-2-1-3-5-12/h1-5,10H,6-9,11H2,(H,17,18). The number of aromatic nitrogens is 2. The van der Waals surface area contributed by atoms with Gasteiger partial charge in [0.1, 0.15) is 5.69 Å². The van der Waals surface area contributed by atoms with Crippen molar-refractivity contribution in [2.75, 3.05) is 26.2 Å². The molecular weight excluding hydrogens is 288 g/mol. The molecule has 0 radical (unpaired) electrons. The van der Waals surface area contributed by atoms with Crippen LogP contribution in [0.2, 0.25) is 5.02 Å². The molecule has 1 amide bonds. The van der Waals surface area contributed by atoms with E-state index in [0.29, 0.717) is 23.8 Å². The Labute approximate surface area is 128 Å². The fourth-order valence-corrected chi connectivity index (χ4v) is 2.70. The molecule has 2 aromatic rings. The molecule has 0 unspecified atom stereocenters. The molecule has 1 N–H and O–H groups in total. The third-order valence-electron chi connectivity index (χ3n) is 3.72. The van der Waals surface area contributed by atoms with Crippen LogP contribution in [0.5, 0.6) is 0 Å². The highest BCUT2D eigenvalue weighted by atomic mass is 35.5. The van der Waals surface area contributed by atoms with Crippen molar-refractivity contribution in [1.82, 2.24) is 20.0 Å². The van der Waals surface area contributed by atoms with Crippen LogP contribution in [0.4, 0.5) is 0 Å². The highest BCUT2D eigenvalue weighted by Gasteiger charge is 2.24. The predicted octanol–water partition coefficient (Wildman–Crippen LogP) is 2.02. The average Bonchev–Trinajstić information content (AvgIpc) is 2.94. The van der Waals surface area contributed by atoms with Crippen LogP contribution in [-0.2, 0) is 6.54 Å². The van der Waals surface area contributed by atoms with Gasteiger partial charge in [-0.3, -0.25) is 14.8 Å². The summed E-state index contributed by atoms with van der Waals surface area (Å²) >= 11 is 5.94. The molecule has 1 aliphatic rings. The van der Waals surface area contributed by atoms with Gasteiger partial charge in [0.2, 0.25) is 0 Å². The van der Waals surface area contributed by atoms with E-state index in [1.807, 2.05) is 11.0 Å². The summed E-state index contributed by atoms with van der Waals surface area (Å²) in [5, 5.41) is 6.84. The molecule has 6 heteroatoms. The van der Waals surface area contributed by atoms with Gasteiger partial charge in [0.25, 0.3) is 5.91 Å². The summed E-state index contributed by atoms with van der Waals surface area (Å²) in [7, 11) is 0. The molecular formula is C15H17ClN4O. The summed E-state index contributed by atoms with van der Waals surface area (Å²) in [6, 6.07) is 10.4. The molecule has 5 nitrogen and oxygen atoms in total. The molecule has 0 bridgehead atoms. The number of carbonyl (C=O) groups is 1. The van der Waals surface area contributed by atoms with Gasteiger partial charge in [0.05, 0.1) is 11.2 Å². The molecule has 0 atom stereocenters. The van der Waals surface area contributed by atoms with Crippen molar-refractivity contribution in [3.63, 3.8) is 0 Å². The van der Waals surface area contributed by atoms with Gasteiger partial charge < -0.3 is 4.90 Å². The van der Waals surface area contributed by atoms with E-state index in [-0.39, 0.29) is 5.91 Å². The Morgan fingerprint density at radius 2 is 1.90 bits per heavy atom. The van der Waals surface area contributed by atoms with Crippen LogP contribution in [0, 0.1) is 0 Å². The number of H-pyrrole nitrogens is 1. The Morgan fingerprint density at radius 3 is 2.52 bits per heavy atom. The fourth-order valence-electron chi connectivity index (χ4n) is 2.53. The minimum absolute atomic E-state index is 0.0724. The second-order valence-corrected chi connectivity index (χ2v) is 5.55. The normalized spacial score (nSPS) is 16.1. The van der Waals surface area contributed by atoms with E-state index in [1.165, 1.54) is 11.8 Å². The fraction of sp³-hybridized carbons (Fsp3) is 0.333. The molecule has 3 rings (SSSR count). The molecule has 1 aromatic heterocycles. The van der Waals surface area contributed by atoms with Crippen LogP contribution in [0.25, 0.3) is 0 Å². The third kappa shape index (κ3) is 3.25. The Kier molecular flexibility index (Phi) is 4.22. The number of halogens is 1. The monoisotopic (exact) mass is 304 g/mol. The third-order valence-corrected chi connectivity index (χ3v) is 4.00. The van der Waals surface area contributed by atoms with Crippen LogP contribution in [0.15, 0.2) is 36.5 Å². The van der Waals surface area contributed by atoms with Gasteiger partial charge in [-0.25, -0.2) is 0 Å². The molecule has 1 aliphatic heterocycles. The lowest BCUT2D eigenvalue weighted by atomic mass is 10.2. The van der Waals surface area contributed by atoms with Crippen molar-refractivity contribution >= 4 is 17.5 Å². The molecule has 0 saturated carbocycles. The summed E-state index contributed by atoms with van der Waals surface area (Å²) in [6.07, 6.45) is 1.46. The van der Waals surface area contributed by atoms with Crippen molar-refractivity contribution < 1.29 is 4.79 Å². The van der Waals surface area contributed by atoms with Crippen molar-refractivity contribution in [1.29, 1.82) is 0 Å². The van der Waals surface area contributed by atoms with Crippen LogP contribution in [-0.4, -0.2) is 52.1 Å². The zero-order valence-corrected chi connectivity index (χ0v) is 12.4. The lowest BCUT2D eigenvalue weighted by molar-refractivity contribution is 0.0623. The van der Waals surface area contributed by atoms with Gasteiger partial charge in [-0.05, 0) is 5.56 Å². The zero-order chi connectivity index (χ0) is 14.7. The summed E-state index contributed by atoms with van der Waals surface area (Å²) in [6.45, 7) is 4.08. The summed E-state index contributed by atoms with van der Waals surface area (Å²) in [5.74, 6) is -0.0724. The van der Waals surface area contributed by atoms with Crippen LogP contribution < -0.4 is 0 Å². The Balaban J connectivity index is 1.56. The van der Waals surface area contributed by atoms with Gasteiger partial charge in [0, 0.05) is 32.7 Å². The second-order valence-electron chi connectivity index (χ2n) is 5.15. The maximum Gasteiger partial charge on any atom is 0.273 e.